The first-order chi connectivity index (χ1) is 14.2. The zero-order valence-corrected chi connectivity index (χ0v) is 16.2. The first-order valence-electron chi connectivity index (χ1n) is 7.94. The van der Waals surface area contributed by atoms with Crippen molar-refractivity contribution in [1.82, 2.24) is 0 Å². The van der Waals surface area contributed by atoms with Gasteiger partial charge in [-0.2, -0.15) is 57.1 Å². The van der Waals surface area contributed by atoms with Crippen LogP contribution in [0.5, 0.6) is 5.75 Å². The van der Waals surface area contributed by atoms with Gasteiger partial charge in [0.1, 0.15) is 5.75 Å². The summed E-state index contributed by atoms with van der Waals surface area (Å²) in [5.74, 6) is -38.2. The Kier molecular flexibility index (Phi) is 7.76. The lowest BCUT2D eigenvalue weighted by atomic mass is 9.93. The molecule has 0 bridgehead atoms. The van der Waals surface area contributed by atoms with E-state index >= 15 is 0 Å². The van der Waals surface area contributed by atoms with Gasteiger partial charge in [-0.25, -0.2) is 0 Å². The van der Waals surface area contributed by atoms with Gasteiger partial charge < -0.3 is 4.74 Å². The SMILES string of the molecule is COc1ccc(C(=O)SCCC(F)(F)C(F)(F)C(F)(F)C(F)(F)C(F)(F)C(F)(F)F)cc1. The summed E-state index contributed by atoms with van der Waals surface area (Å²) >= 11 is -0.140. The molecule has 1 rings (SSSR count). The number of thioether (sulfide) groups is 1. The van der Waals surface area contributed by atoms with E-state index in [2.05, 4.69) is 0 Å². The molecule has 0 heterocycles. The van der Waals surface area contributed by atoms with Crippen molar-refractivity contribution < 1.29 is 66.6 Å². The molecule has 0 aromatic heterocycles. The maximum Gasteiger partial charge on any atom is 0.460 e. The van der Waals surface area contributed by atoms with Gasteiger partial charge in [0.2, 0.25) is 5.12 Å². The topological polar surface area (TPSA) is 26.3 Å². The third-order valence-corrected chi connectivity index (χ3v) is 4.88. The van der Waals surface area contributed by atoms with Gasteiger partial charge in [0, 0.05) is 17.7 Å². The average molecular weight is 514 g/mol. The molecule has 0 radical (unpaired) electrons. The van der Waals surface area contributed by atoms with Crippen molar-refractivity contribution >= 4 is 16.9 Å². The minimum Gasteiger partial charge on any atom is -0.497 e. The van der Waals surface area contributed by atoms with Crippen LogP contribution in [0, 0.1) is 0 Å². The summed E-state index contributed by atoms with van der Waals surface area (Å²) in [6, 6.07) is 4.68. The van der Waals surface area contributed by atoms with Crippen molar-refractivity contribution in [3.05, 3.63) is 29.8 Å². The molecular formula is C16H11F13O2S. The first kappa shape index (κ1) is 28.2. The Morgan fingerprint density at radius 1 is 0.750 bits per heavy atom. The van der Waals surface area contributed by atoms with Crippen LogP contribution in [-0.2, 0) is 0 Å². The average Bonchev–Trinajstić information content (AvgIpc) is 2.66. The van der Waals surface area contributed by atoms with E-state index in [0.29, 0.717) is 0 Å². The minimum atomic E-state index is -7.93. The van der Waals surface area contributed by atoms with Crippen LogP contribution < -0.4 is 4.74 Å². The van der Waals surface area contributed by atoms with E-state index in [0.717, 1.165) is 12.1 Å². The highest BCUT2D eigenvalue weighted by Gasteiger charge is 2.90. The van der Waals surface area contributed by atoms with E-state index in [9.17, 15) is 61.9 Å². The number of halogens is 13. The van der Waals surface area contributed by atoms with Crippen LogP contribution in [0.3, 0.4) is 0 Å². The monoisotopic (exact) mass is 514 g/mol. The number of rotatable bonds is 9. The lowest BCUT2D eigenvalue weighted by molar-refractivity contribution is -0.439. The summed E-state index contributed by atoms with van der Waals surface area (Å²) < 4.78 is 174. The van der Waals surface area contributed by atoms with Crippen LogP contribution >= 0.6 is 11.8 Å². The summed E-state index contributed by atoms with van der Waals surface area (Å²) in [7, 11) is 1.26. The van der Waals surface area contributed by atoms with E-state index in [4.69, 9.17) is 4.74 Å². The molecule has 0 amide bonds. The maximum atomic E-state index is 13.6. The number of alkyl halides is 13. The summed E-state index contributed by atoms with van der Waals surface area (Å²) in [5.41, 5.74) is -0.187. The van der Waals surface area contributed by atoms with Gasteiger partial charge in [0.15, 0.2) is 0 Å². The van der Waals surface area contributed by atoms with Crippen molar-refractivity contribution in [2.45, 2.75) is 42.2 Å². The second-order valence-electron chi connectivity index (χ2n) is 6.11. The van der Waals surface area contributed by atoms with Crippen LogP contribution in [0.2, 0.25) is 0 Å². The molecule has 16 heteroatoms. The van der Waals surface area contributed by atoms with Crippen LogP contribution in [-0.4, -0.2) is 53.8 Å². The minimum absolute atomic E-state index is 0.140. The molecule has 2 nitrogen and oxygen atoms in total. The predicted octanol–water partition coefficient (Wildman–Crippen LogP) is 6.70. The van der Waals surface area contributed by atoms with Crippen LogP contribution in [0.4, 0.5) is 57.1 Å². The number of hydrogen-bond donors (Lipinski definition) is 0. The molecule has 0 saturated carbocycles. The predicted molar refractivity (Wildman–Crippen MR) is 85.2 cm³/mol. The van der Waals surface area contributed by atoms with Gasteiger partial charge >= 0.3 is 35.8 Å². The van der Waals surface area contributed by atoms with Crippen LogP contribution in [0.1, 0.15) is 16.8 Å². The Bertz CT molecular complexity index is 803. The maximum absolute atomic E-state index is 13.6. The number of ether oxygens (including phenoxy) is 1. The second-order valence-corrected chi connectivity index (χ2v) is 7.18. The zero-order valence-electron chi connectivity index (χ0n) is 15.4. The Labute approximate surface area is 175 Å². The molecule has 0 aliphatic carbocycles. The molecule has 0 unspecified atom stereocenters. The van der Waals surface area contributed by atoms with Gasteiger partial charge in [-0.1, -0.05) is 11.8 Å². The highest BCUT2D eigenvalue weighted by atomic mass is 32.2. The molecule has 184 valence electrons. The Hall–Kier alpha value is -1.87. The quantitative estimate of drug-likeness (QED) is 0.344. The Morgan fingerprint density at radius 2 is 1.19 bits per heavy atom. The van der Waals surface area contributed by atoms with E-state index < -0.39 is 53.1 Å². The van der Waals surface area contributed by atoms with Crippen molar-refractivity contribution in [3.8, 4) is 5.75 Å². The second kappa shape index (κ2) is 8.82. The smallest absolute Gasteiger partial charge is 0.460 e. The fourth-order valence-corrected chi connectivity index (χ4v) is 2.89. The highest BCUT2D eigenvalue weighted by molar-refractivity contribution is 8.14. The normalized spacial score (nSPS) is 14.4. The Balaban J connectivity index is 3.03. The van der Waals surface area contributed by atoms with Gasteiger partial charge in [0.25, 0.3) is 0 Å². The van der Waals surface area contributed by atoms with Crippen molar-refractivity contribution in [2.24, 2.45) is 0 Å². The fraction of sp³-hybridized carbons (Fsp3) is 0.562. The number of carbonyl (C=O) groups excluding carboxylic acids is 1. The largest absolute Gasteiger partial charge is 0.497 e. The fourth-order valence-electron chi connectivity index (χ4n) is 2.04. The number of methoxy groups -OCH3 is 1. The summed E-state index contributed by atoms with van der Waals surface area (Å²) in [4.78, 5) is 11.8. The van der Waals surface area contributed by atoms with Crippen molar-refractivity contribution in [2.75, 3.05) is 12.9 Å². The zero-order chi connectivity index (χ0) is 25.4. The molecular weight excluding hydrogens is 503 g/mol. The molecule has 1 aromatic carbocycles. The van der Waals surface area contributed by atoms with Crippen molar-refractivity contribution in [3.63, 3.8) is 0 Å². The van der Waals surface area contributed by atoms with Gasteiger partial charge in [0.05, 0.1) is 7.11 Å². The molecule has 0 aliphatic rings. The standard InChI is InChI=1S/C16H11F13O2S/c1-31-9-4-2-8(3-5-9)10(30)32-7-6-11(17,18)12(19,20)13(21,22)14(23,24)15(25,26)16(27,28)29/h2-5H,6-7H2,1H3. The molecule has 0 fully saturated rings. The molecule has 0 atom stereocenters. The summed E-state index contributed by atoms with van der Waals surface area (Å²) in [6.07, 6.45) is -9.89. The lowest BCUT2D eigenvalue weighted by Gasteiger charge is -2.39. The third-order valence-electron chi connectivity index (χ3n) is 3.97. The Morgan fingerprint density at radius 3 is 1.59 bits per heavy atom. The molecule has 1 aromatic rings. The number of carbonyl (C=O) groups is 1. The number of benzene rings is 1. The molecule has 32 heavy (non-hydrogen) atoms. The molecule has 0 spiro atoms. The van der Waals surface area contributed by atoms with E-state index in [1.165, 1.54) is 19.2 Å². The lowest BCUT2D eigenvalue weighted by Crippen LogP contribution is -2.70. The summed E-state index contributed by atoms with van der Waals surface area (Å²) in [6.45, 7) is 0. The molecule has 0 saturated heterocycles. The van der Waals surface area contributed by atoms with Gasteiger partial charge in [-0.15, -0.1) is 0 Å². The van der Waals surface area contributed by atoms with Crippen molar-refractivity contribution in [1.29, 1.82) is 0 Å². The molecule has 0 aliphatic heterocycles. The van der Waals surface area contributed by atoms with E-state index in [1.807, 2.05) is 0 Å². The number of hydrogen-bond acceptors (Lipinski definition) is 3. The molecule has 0 N–H and O–H groups in total. The third kappa shape index (κ3) is 4.73. The van der Waals surface area contributed by atoms with E-state index in [-0.39, 0.29) is 23.1 Å². The van der Waals surface area contributed by atoms with Gasteiger partial charge in [-0.05, 0) is 24.3 Å². The summed E-state index contributed by atoms with van der Waals surface area (Å²) in [5, 5.41) is -1.05. The highest BCUT2D eigenvalue weighted by Crippen LogP contribution is 2.60. The first-order valence-corrected chi connectivity index (χ1v) is 8.93. The van der Waals surface area contributed by atoms with Crippen LogP contribution in [0.25, 0.3) is 0 Å². The van der Waals surface area contributed by atoms with E-state index in [1.54, 1.807) is 0 Å². The van der Waals surface area contributed by atoms with Crippen LogP contribution in [0.15, 0.2) is 24.3 Å². The van der Waals surface area contributed by atoms with Gasteiger partial charge in [-0.3, -0.25) is 4.79 Å².